The molecule has 1 aromatic heterocycles. The molecule has 0 saturated carbocycles. The highest BCUT2D eigenvalue weighted by Crippen LogP contribution is 2.08. The summed E-state index contributed by atoms with van der Waals surface area (Å²) >= 11 is 0. The van der Waals surface area contributed by atoms with Crippen LogP contribution in [0.3, 0.4) is 0 Å². The van der Waals surface area contributed by atoms with Crippen molar-refractivity contribution in [3.63, 3.8) is 0 Å². The van der Waals surface area contributed by atoms with E-state index in [1.165, 1.54) is 12.8 Å². The van der Waals surface area contributed by atoms with Gasteiger partial charge in [-0.25, -0.2) is 0 Å². The third kappa shape index (κ3) is 5.36. The predicted octanol–water partition coefficient (Wildman–Crippen LogP) is 2.33. The summed E-state index contributed by atoms with van der Waals surface area (Å²) in [5.74, 6) is -0.142. The van der Waals surface area contributed by atoms with Crippen molar-refractivity contribution < 1.29 is 9.53 Å². The van der Waals surface area contributed by atoms with E-state index in [0.29, 0.717) is 6.42 Å². The molecule has 0 amide bonds. The zero-order valence-electron chi connectivity index (χ0n) is 11.8. The molecule has 0 aliphatic rings. The predicted molar refractivity (Wildman–Crippen MR) is 72.3 cm³/mol. The van der Waals surface area contributed by atoms with E-state index in [4.69, 9.17) is 0 Å². The number of carbonyl (C=O) groups is 1. The van der Waals surface area contributed by atoms with E-state index in [-0.39, 0.29) is 11.5 Å². The number of nitrogens with one attached hydrogen (secondary N) is 1. The number of hydrogen-bond donors (Lipinski definition) is 1. The molecule has 0 aliphatic carbocycles. The molecular formula is C14H24N2O2. The summed E-state index contributed by atoms with van der Waals surface area (Å²) in [6, 6.07) is 4.15. The van der Waals surface area contributed by atoms with Gasteiger partial charge in [-0.05, 0) is 39.3 Å². The van der Waals surface area contributed by atoms with E-state index < -0.39 is 0 Å². The molecule has 0 fully saturated rings. The Bertz CT molecular complexity index is 377. The number of methoxy groups -OCH3 is 1. The standard InChI is InChI=1S/C14H24N2O2/c1-14(2,3)15-11-12-7-5-9-16(12)10-6-8-13(17)18-4/h5,7,9,15H,6,8,10-11H2,1-4H3. The number of nitrogens with zero attached hydrogens (tertiary/aromatic N) is 1. The zero-order chi connectivity index (χ0) is 13.6. The van der Waals surface area contributed by atoms with Crippen LogP contribution in [-0.4, -0.2) is 23.2 Å². The molecule has 0 atom stereocenters. The van der Waals surface area contributed by atoms with Crippen molar-refractivity contribution in [3.8, 4) is 0 Å². The second kappa shape index (κ2) is 6.59. The topological polar surface area (TPSA) is 43.3 Å². The van der Waals surface area contributed by atoms with Crippen LogP contribution in [0.2, 0.25) is 0 Å². The molecule has 1 N–H and O–H groups in total. The van der Waals surface area contributed by atoms with Crippen molar-refractivity contribution in [2.45, 2.75) is 52.2 Å². The Balaban J connectivity index is 2.42. The summed E-state index contributed by atoms with van der Waals surface area (Å²) in [7, 11) is 1.43. The van der Waals surface area contributed by atoms with Gasteiger partial charge in [-0.2, -0.15) is 0 Å². The SMILES string of the molecule is COC(=O)CCCn1cccc1CNC(C)(C)C. The molecule has 0 radical (unpaired) electrons. The van der Waals surface area contributed by atoms with Crippen molar-refractivity contribution in [1.29, 1.82) is 0 Å². The molecule has 4 nitrogen and oxygen atoms in total. The molecule has 1 rings (SSSR count). The van der Waals surface area contributed by atoms with E-state index in [1.54, 1.807) is 0 Å². The van der Waals surface area contributed by atoms with Crippen LogP contribution in [0.4, 0.5) is 0 Å². The number of carbonyl (C=O) groups excluding carboxylic acids is 1. The normalized spacial score (nSPS) is 11.6. The van der Waals surface area contributed by atoms with Crippen molar-refractivity contribution in [2.24, 2.45) is 0 Å². The van der Waals surface area contributed by atoms with E-state index in [0.717, 1.165) is 19.5 Å². The lowest BCUT2D eigenvalue weighted by Crippen LogP contribution is -2.35. The Morgan fingerprint density at radius 3 is 2.78 bits per heavy atom. The van der Waals surface area contributed by atoms with Crippen LogP contribution < -0.4 is 5.32 Å². The molecular weight excluding hydrogens is 228 g/mol. The molecule has 1 heterocycles. The first-order valence-electron chi connectivity index (χ1n) is 6.38. The minimum absolute atomic E-state index is 0.112. The maximum atomic E-state index is 11.0. The smallest absolute Gasteiger partial charge is 0.305 e. The second-order valence-corrected chi connectivity index (χ2v) is 5.48. The highest BCUT2D eigenvalue weighted by Gasteiger charge is 2.10. The van der Waals surface area contributed by atoms with E-state index >= 15 is 0 Å². The zero-order valence-corrected chi connectivity index (χ0v) is 11.8. The first-order chi connectivity index (χ1) is 8.42. The van der Waals surface area contributed by atoms with E-state index in [1.807, 2.05) is 6.07 Å². The molecule has 0 bridgehead atoms. The fraction of sp³-hybridized carbons (Fsp3) is 0.643. The summed E-state index contributed by atoms with van der Waals surface area (Å²) in [5.41, 5.74) is 1.36. The van der Waals surface area contributed by atoms with Crippen molar-refractivity contribution in [3.05, 3.63) is 24.0 Å². The van der Waals surface area contributed by atoms with Gasteiger partial charge in [0.25, 0.3) is 0 Å². The monoisotopic (exact) mass is 252 g/mol. The summed E-state index contributed by atoms with van der Waals surface area (Å²) in [4.78, 5) is 11.0. The summed E-state index contributed by atoms with van der Waals surface area (Å²) in [6.45, 7) is 8.14. The van der Waals surface area contributed by atoms with Gasteiger partial charge >= 0.3 is 5.97 Å². The molecule has 18 heavy (non-hydrogen) atoms. The molecule has 102 valence electrons. The average Bonchev–Trinajstić information content (AvgIpc) is 2.73. The fourth-order valence-corrected chi connectivity index (χ4v) is 1.68. The Kier molecular flexibility index (Phi) is 5.41. The van der Waals surface area contributed by atoms with Gasteiger partial charge in [0.1, 0.15) is 0 Å². The lowest BCUT2D eigenvalue weighted by atomic mass is 10.1. The van der Waals surface area contributed by atoms with Gasteiger partial charge in [0.2, 0.25) is 0 Å². The molecule has 0 aliphatic heterocycles. The summed E-state index contributed by atoms with van der Waals surface area (Å²) in [6.07, 6.45) is 3.33. The highest BCUT2D eigenvalue weighted by atomic mass is 16.5. The van der Waals surface area contributed by atoms with Crippen LogP contribution >= 0.6 is 0 Å². The van der Waals surface area contributed by atoms with E-state index in [9.17, 15) is 4.79 Å². The van der Waals surface area contributed by atoms with Gasteiger partial charge in [0.15, 0.2) is 0 Å². The van der Waals surface area contributed by atoms with Crippen molar-refractivity contribution in [1.82, 2.24) is 9.88 Å². The Morgan fingerprint density at radius 1 is 1.44 bits per heavy atom. The Hall–Kier alpha value is -1.29. The minimum atomic E-state index is -0.142. The average molecular weight is 252 g/mol. The Labute approximate surface area is 109 Å². The lowest BCUT2D eigenvalue weighted by Gasteiger charge is -2.21. The van der Waals surface area contributed by atoms with Crippen LogP contribution in [0.15, 0.2) is 18.3 Å². The van der Waals surface area contributed by atoms with Gasteiger partial charge in [-0.1, -0.05) is 0 Å². The number of aromatic nitrogens is 1. The molecule has 4 heteroatoms. The first-order valence-corrected chi connectivity index (χ1v) is 6.38. The van der Waals surface area contributed by atoms with Crippen LogP contribution in [0, 0.1) is 0 Å². The number of hydrogen-bond acceptors (Lipinski definition) is 3. The first kappa shape index (κ1) is 14.8. The third-order valence-electron chi connectivity index (χ3n) is 2.73. The molecule has 0 aromatic carbocycles. The fourth-order valence-electron chi connectivity index (χ4n) is 1.68. The van der Waals surface area contributed by atoms with Gasteiger partial charge in [-0.3, -0.25) is 4.79 Å². The lowest BCUT2D eigenvalue weighted by molar-refractivity contribution is -0.140. The van der Waals surface area contributed by atoms with Crippen molar-refractivity contribution in [2.75, 3.05) is 7.11 Å². The summed E-state index contributed by atoms with van der Waals surface area (Å²) < 4.78 is 6.81. The maximum absolute atomic E-state index is 11.0. The quantitative estimate of drug-likeness (QED) is 0.790. The number of rotatable bonds is 6. The second-order valence-electron chi connectivity index (χ2n) is 5.48. The van der Waals surface area contributed by atoms with E-state index in [2.05, 4.69) is 47.7 Å². The van der Waals surface area contributed by atoms with Crippen LogP contribution in [0.1, 0.15) is 39.3 Å². The number of aryl methyl sites for hydroxylation is 1. The summed E-state index contributed by atoms with van der Waals surface area (Å²) in [5, 5.41) is 3.46. The van der Waals surface area contributed by atoms with Gasteiger partial charge in [0.05, 0.1) is 7.11 Å². The molecule has 0 saturated heterocycles. The highest BCUT2D eigenvalue weighted by molar-refractivity contribution is 5.68. The Morgan fingerprint density at radius 2 is 2.17 bits per heavy atom. The molecule has 1 aromatic rings. The number of ether oxygens (including phenoxy) is 1. The largest absolute Gasteiger partial charge is 0.469 e. The van der Waals surface area contributed by atoms with Gasteiger partial charge in [0, 0.05) is 36.9 Å². The van der Waals surface area contributed by atoms with Crippen LogP contribution in [0.5, 0.6) is 0 Å². The molecule has 0 unspecified atom stereocenters. The number of esters is 1. The van der Waals surface area contributed by atoms with Crippen LogP contribution in [0.25, 0.3) is 0 Å². The van der Waals surface area contributed by atoms with Gasteiger partial charge < -0.3 is 14.6 Å². The van der Waals surface area contributed by atoms with Gasteiger partial charge in [-0.15, -0.1) is 0 Å². The van der Waals surface area contributed by atoms with Crippen LogP contribution in [-0.2, 0) is 22.6 Å². The third-order valence-corrected chi connectivity index (χ3v) is 2.73. The molecule has 0 spiro atoms. The van der Waals surface area contributed by atoms with Crippen molar-refractivity contribution >= 4 is 5.97 Å². The minimum Gasteiger partial charge on any atom is -0.469 e. The maximum Gasteiger partial charge on any atom is 0.305 e.